The van der Waals surface area contributed by atoms with Gasteiger partial charge in [-0.1, -0.05) is 110 Å². The SMILES string of the molecule is C[C@@H](O)[C@@H]1NC(=O)C(N)C[C@@H](O)CNC(=O)[C@@H]2[C@@H](O)[C@@H](C)CN2C(=O)[C@H]([C@H](O)CCNC(=O)OCC2c3ccccc3-c3ccccc32)NC(=O)[C@H]([C@H](O)Cc2ccc(O)c(OCCCNC(=O)OCC3c4ccccc4-c4ccccc43)c2)NC(=O)[C@@H]2C[C@@H](O)CN2C1=O. The van der Waals surface area contributed by atoms with E-state index < -0.39 is 165 Å². The number of ether oxygens (including phenoxy) is 3. The third-order valence-corrected chi connectivity index (χ3v) is 18.2. The van der Waals surface area contributed by atoms with Gasteiger partial charge in [-0.25, -0.2) is 9.59 Å². The van der Waals surface area contributed by atoms with E-state index in [4.69, 9.17) is 19.9 Å². The number of carbonyl (C=O) groups excluding carboxylic acids is 8. The van der Waals surface area contributed by atoms with Gasteiger partial charge in [0.15, 0.2) is 11.5 Å². The minimum absolute atomic E-state index is 0.0462. The third-order valence-electron chi connectivity index (χ3n) is 18.2. The van der Waals surface area contributed by atoms with E-state index in [1.54, 1.807) is 0 Å². The maximum Gasteiger partial charge on any atom is 0.407 e. The molecule has 0 bridgehead atoms. The Morgan fingerprint density at radius 1 is 0.621 bits per heavy atom. The lowest BCUT2D eigenvalue weighted by Gasteiger charge is -2.34. The summed E-state index contributed by atoms with van der Waals surface area (Å²) >= 11 is 0. The smallest absolute Gasteiger partial charge is 0.407 e. The van der Waals surface area contributed by atoms with Gasteiger partial charge in [0.25, 0.3) is 0 Å². The molecule has 5 aliphatic rings. The van der Waals surface area contributed by atoms with Crippen molar-refractivity contribution in [1.82, 2.24) is 41.7 Å². The number of nitrogens with two attached hydrogens (primary N) is 1. The highest BCUT2D eigenvalue weighted by atomic mass is 16.6. The number of rotatable bonds is 17. The monoisotopic (exact) mass is 1310 g/mol. The minimum Gasteiger partial charge on any atom is -0.504 e. The fraction of sp³-hybridized carbons (Fsp3) is 0.441. The van der Waals surface area contributed by atoms with Gasteiger partial charge in [0.1, 0.15) is 43.4 Å². The molecule has 506 valence electrons. The van der Waals surface area contributed by atoms with Gasteiger partial charge in [0, 0.05) is 63.3 Å². The molecule has 5 aromatic rings. The second-order valence-electron chi connectivity index (χ2n) is 24.9. The van der Waals surface area contributed by atoms with E-state index in [1.807, 2.05) is 97.1 Å². The van der Waals surface area contributed by atoms with E-state index in [0.717, 1.165) is 61.2 Å². The van der Waals surface area contributed by atoms with Gasteiger partial charge in [-0.15, -0.1) is 0 Å². The Morgan fingerprint density at radius 2 is 1.15 bits per heavy atom. The molecule has 1 unspecified atom stereocenters. The zero-order valence-corrected chi connectivity index (χ0v) is 52.4. The first-order valence-corrected chi connectivity index (χ1v) is 31.8. The fourth-order valence-corrected chi connectivity index (χ4v) is 13.2. The lowest BCUT2D eigenvalue weighted by molar-refractivity contribution is -0.147. The summed E-state index contributed by atoms with van der Waals surface area (Å²) in [6.45, 7) is 0.984. The summed E-state index contributed by atoms with van der Waals surface area (Å²) < 4.78 is 17.2. The largest absolute Gasteiger partial charge is 0.504 e. The number of alkyl carbamates (subject to hydrolysis) is 2. The number of β-amino-alcohol motifs (C(OH)–C–C–N with tert-alkyl or cyclic N) is 1. The number of hydrogen-bond donors (Lipinski definition) is 14. The average Bonchev–Trinajstić information content (AvgIpc) is 1.64. The summed E-state index contributed by atoms with van der Waals surface area (Å²) in [7, 11) is 0. The van der Waals surface area contributed by atoms with Crippen molar-refractivity contribution in [2.24, 2.45) is 11.7 Å². The number of aromatic hydroxyl groups is 1. The highest BCUT2D eigenvalue weighted by molar-refractivity contribution is 5.98. The van der Waals surface area contributed by atoms with Crippen molar-refractivity contribution >= 4 is 47.6 Å². The van der Waals surface area contributed by atoms with Gasteiger partial charge in [-0.05, 0) is 88.4 Å². The van der Waals surface area contributed by atoms with Crippen LogP contribution in [0.3, 0.4) is 0 Å². The fourth-order valence-electron chi connectivity index (χ4n) is 13.2. The first kappa shape index (κ1) is 68.6. The molecule has 0 spiro atoms. The Labute approximate surface area is 547 Å². The van der Waals surface area contributed by atoms with Crippen LogP contribution in [0.1, 0.15) is 79.2 Å². The molecular formula is C68H81N9O18. The molecule has 95 heavy (non-hydrogen) atoms. The van der Waals surface area contributed by atoms with E-state index in [9.17, 15) is 64.5 Å². The van der Waals surface area contributed by atoms with E-state index in [1.165, 1.54) is 25.1 Å². The Hall–Kier alpha value is -9.22. The van der Waals surface area contributed by atoms with Gasteiger partial charge >= 0.3 is 12.2 Å². The van der Waals surface area contributed by atoms with Gasteiger partial charge in [0.05, 0.1) is 49.3 Å². The molecule has 3 heterocycles. The molecule has 3 fully saturated rings. The number of nitrogens with one attached hydrogen (secondary N) is 6. The number of hydrogen-bond acceptors (Lipinski definition) is 19. The maximum atomic E-state index is 15.1. The number of carbonyl (C=O) groups is 8. The average molecular weight is 1310 g/mol. The van der Waals surface area contributed by atoms with Crippen molar-refractivity contribution in [2.45, 2.75) is 131 Å². The topological polar surface area (TPSA) is 411 Å². The van der Waals surface area contributed by atoms with Crippen LogP contribution in [0.25, 0.3) is 22.3 Å². The quantitative estimate of drug-likeness (QED) is 0.0549. The second kappa shape index (κ2) is 30.5. The van der Waals surface area contributed by atoms with Crippen LogP contribution < -0.4 is 42.4 Å². The van der Waals surface area contributed by atoms with Crippen LogP contribution in [0, 0.1) is 5.92 Å². The van der Waals surface area contributed by atoms with Crippen LogP contribution >= 0.6 is 0 Å². The van der Waals surface area contributed by atoms with Crippen molar-refractivity contribution in [1.29, 1.82) is 0 Å². The highest BCUT2D eigenvalue weighted by Gasteiger charge is 2.50. The van der Waals surface area contributed by atoms with Crippen molar-refractivity contribution in [3.63, 3.8) is 0 Å². The maximum absolute atomic E-state index is 15.1. The van der Waals surface area contributed by atoms with Crippen LogP contribution in [-0.2, 0) is 44.7 Å². The molecule has 0 saturated carbocycles. The number of aliphatic hydroxyl groups is 6. The standard InChI is InChI=1S/C68H81N9O18/c1-35-31-77-59(60(35)84)64(88)72-30-38(79)28-50(69)61(85)73-56(36(2)78)65(89)76-32-39(80)29-51(76)62(86)74-57(63(87)75-58(66(77)90)53(82)22-24-71-68(92)95-34-49-46-18-9-5-14-42(46)43-15-6-10-19-47(43)49)54(83)26-37-20-21-52(81)55(27-37)93-25-11-23-70-67(91)94-33-48-44-16-7-3-12-40(44)41-13-4-8-17-45(41)48/h3-10,12-21,27,35-36,38-39,48-51,53-54,56-60,78-84H,11,22-26,28-34,69H2,1-2H3,(H,70,91)(H,71,92)(H,72,88)(H,73,85)(H,74,86)(H,75,87)/t35-,36+,38+,39+,50?,51-,53+,54+,56-,57-,58-,59-,60-/m0/s1. The molecular weight excluding hydrogens is 1230 g/mol. The number of benzene rings is 5. The zero-order chi connectivity index (χ0) is 67.8. The molecule has 27 heteroatoms. The van der Waals surface area contributed by atoms with Gasteiger partial charge < -0.3 is 97.4 Å². The first-order valence-electron chi connectivity index (χ1n) is 31.8. The van der Waals surface area contributed by atoms with Crippen molar-refractivity contribution in [3.8, 4) is 33.8 Å². The molecule has 5 aromatic carbocycles. The normalized spacial score (nSPS) is 25.1. The van der Waals surface area contributed by atoms with Gasteiger partial charge in [-0.2, -0.15) is 0 Å². The van der Waals surface area contributed by atoms with Crippen LogP contribution in [0.15, 0.2) is 115 Å². The summed E-state index contributed by atoms with van der Waals surface area (Å²) in [5, 5.41) is 94.6. The Bertz CT molecular complexity index is 3560. The first-order chi connectivity index (χ1) is 45.6. The molecule has 27 nitrogen and oxygen atoms in total. The van der Waals surface area contributed by atoms with Crippen molar-refractivity contribution in [3.05, 3.63) is 143 Å². The summed E-state index contributed by atoms with van der Waals surface area (Å²) in [6.07, 6.45) is -13.3. The lowest BCUT2D eigenvalue weighted by atomic mass is 9.98. The Morgan fingerprint density at radius 3 is 1.72 bits per heavy atom. The number of amides is 8. The van der Waals surface area contributed by atoms with Crippen molar-refractivity contribution in [2.75, 3.05) is 52.5 Å². The molecule has 15 N–H and O–H groups in total. The minimum atomic E-state index is -2.12. The van der Waals surface area contributed by atoms with E-state index in [-0.39, 0.29) is 74.8 Å². The highest BCUT2D eigenvalue weighted by Crippen LogP contribution is 2.46. The third kappa shape index (κ3) is 15.6. The number of phenolic OH excluding ortho intramolecular Hbond substituents is 1. The Kier molecular flexibility index (Phi) is 22.0. The van der Waals surface area contributed by atoms with E-state index >= 15 is 9.59 Å². The summed E-state index contributed by atoms with van der Waals surface area (Å²) in [6, 6.07) is 24.3. The van der Waals surface area contributed by atoms with Crippen LogP contribution in [-0.4, -0.2) is 219 Å². The van der Waals surface area contributed by atoms with Crippen molar-refractivity contribution < 1.29 is 88.3 Å². The molecule has 10 rings (SSSR count). The summed E-state index contributed by atoms with van der Waals surface area (Å²) in [5.41, 5.74) is 14.5. The molecule has 8 amide bonds. The van der Waals surface area contributed by atoms with E-state index in [2.05, 4.69) is 31.9 Å². The number of nitrogens with zero attached hydrogens (tertiary/aromatic N) is 2. The molecule has 3 aliphatic heterocycles. The van der Waals surface area contributed by atoms with E-state index in [0.29, 0.717) is 0 Å². The summed E-state index contributed by atoms with van der Waals surface area (Å²) in [5.74, 6) is -8.41. The zero-order valence-electron chi connectivity index (χ0n) is 52.4. The summed E-state index contributed by atoms with van der Waals surface area (Å²) in [4.78, 5) is 115. The number of aliphatic hydroxyl groups excluding tert-OH is 6. The molecule has 0 aromatic heterocycles. The second-order valence-corrected chi connectivity index (χ2v) is 24.9. The lowest BCUT2D eigenvalue weighted by Crippen LogP contribution is -2.64. The van der Waals surface area contributed by atoms with Crippen LogP contribution in [0.2, 0.25) is 0 Å². The van der Waals surface area contributed by atoms with Gasteiger partial charge in [0.2, 0.25) is 35.4 Å². The molecule has 13 atom stereocenters. The number of phenols is 1. The molecule has 0 radical (unpaired) electrons. The van der Waals surface area contributed by atoms with Gasteiger partial charge in [-0.3, -0.25) is 28.8 Å². The predicted octanol–water partition coefficient (Wildman–Crippen LogP) is 0.106. The molecule has 2 aliphatic carbocycles. The van der Waals surface area contributed by atoms with Crippen LogP contribution in [0.5, 0.6) is 11.5 Å². The van der Waals surface area contributed by atoms with Crippen LogP contribution in [0.4, 0.5) is 9.59 Å². The molecule has 3 saturated heterocycles. The predicted molar refractivity (Wildman–Crippen MR) is 341 cm³/mol. The number of fused-ring (bicyclic) bond motifs is 8. The Balaban J connectivity index is 0.870.